The SMILES string of the molecule is COC(=O)C(=O)N1C(=O)[C@H]([C@@H](C)OC(=O)OCc2ccc([N+](=O)[O-])cc2)[C@H]1[C@H]1CCC[C@H](OC)C1=O. The Morgan fingerprint density at radius 3 is 2.39 bits per heavy atom. The molecule has 0 radical (unpaired) electrons. The van der Waals surface area contributed by atoms with Crippen LogP contribution >= 0.6 is 0 Å². The number of nitro benzene ring substituents is 1. The van der Waals surface area contributed by atoms with Crippen molar-refractivity contribution in [3.8, 4) is 0 Å². The van der Waals surface area contributed by atoms with Gasteiger partial charge in [0.1, 0.15) is 18.8 Å². The molecular weight excluding hydrogens is 480 g/mol. The molecule has 194 valence electrons. The molecule has 5 atom stereocenters. The highest BCUT2D eigenvalue weighted by molar-refractivity contribution is 6.36. The molecule has 1 heterocycles. The highest BCUT2D eigenvalue weighted by Gasteiger charge is 2.60. The number of hydrogen-bond donors (Lipinski definition) is 0. The minimum atomic E-state index is -1.26. The molecule has 2 aliphatic rings. The number of carbonyl (C=O) groups excluding carboxylic acids is 5. The third-order valence-electron chi connectivity index (χ3n) is 6.42. The highest BCUT2D eigenvalue weighted by atomic mass is 16.7. The van der Waals surface area contributed by atoms with E-state index in [4.69, 9.17) is 14.2 Å². The Bertz CT molecular complexity index is 1050. The lowest BCUT2D eigenvalue weighted by Gasteiger charge is -2.50. The highest BCUT2D eigenvalue weighted by Crippen LogP contribution is 2.41. The fourth-order valence-electron chi connectivity index (χ4n) is 4.60. The summed E-state index contributed by atoms with van der Waals surface area (Å²) in [5, 5.41) is 10.7. The summed E-state index contributed by atoms with van der Waals surface area (Å²) < 4.78 is 19.9. The third-order valence-corrected chi connectivity index (χ3v) is 6.42. The fraction of sp³-hybridized carbons (Fsp3) is 0.522. The van der Waals surface area contributed by atoms with Crippen molar-refractivity contribution in [3.05, 3.63) is 39.9 Å². The van der Waals surface area contributed by atoms with Crippen molar-refractivity contribution in [1.29, 1.82) is 0 Å². The molecular formula is C23H26N2O11. The topological polar surface area (TPSA) is 169 Å². The Labute approximate surface area is 205 Å². The Balaban J connectivity index is 1.71. The van der Waals surface area contributed by atoms with Crippen LogP contribution in [0.1, 0.15) is 31.7 Å². The molecule has 36 heavy (non-hydrogen) atoms. The lowest BCUT2D eigenvalue weighted by atomic mass is 9.69. The predicted molar refractivity (Wildman–Crippen MR) is 118 cm³/mol. The molecule has 1 aromatic rings. The molecule has 13 heteroatoms. The zero-order valence-corrected chi connectivity index (χ0v) is 19.9. The number of ether oxygens (including phenoxy) is 4. The van der Waals surface area contributed by atoms with Crippen LogP contribution in [-0.2, 0) is 44.7 Å². The van der Waals surface area contributed by atoms with Crippen LogP contribution in [0.5, 0.6) is 0 Å². The fourth-order valence-corrected chi connectivity index (χ4v) is 4.60. The molecule has 13 nitrogen and oxygen atoms in total. The van der Waals surface area contributed by atoms with E-state index in [0.29, 0.717) is 29.7 Å². The number of likely N-dealkylation sites (tertiary alicyclic amines) is 1. The molecule has 1 aliphatic carbocycles. The summed E-state index contributed by atoms with van der Waals surface area (Å²) >= 11 is 0. The Kier molecular flexibility index (Phi) is 8.35. The summed E-state index contributed by atoms with van der Waals surface area (Å²) in [5.41, 5.74) is 0.347. The third kappa shape index (κ3) is 5.35. The summed E-state index contributed by atoms with van der Waals surface area (Å²) in [6.07, 6.45) is -1.48. The second kappa shape index (κ2) is 11.2. The van der Waals surface area contributed by atoms with E-state index in [1.54, 1.807) is 0 Å². The van der Waals surface area contributed by atoms with Crippen molar-refractivity contribution in [2.45, 2.75) is 51.0 Å². The zero-order valence-electron chi connectivity index (χ0n) is 19.9. The van der Waals surface area contributed by atoms with Crippen LogP contribution in [0.4, 0.5) is 10.5 Å². The van der Waals surface area contributed by atoms with E-state index < -0.39 is 58.9 Å². The number of amides is 2. The number of carbonyl (C=O) groups is 5. The number of hydrogen-bond acceptors (Lipinski definition) is 11. The molecule has 1 saturated heterocycles. The molecule has 1 saturated carbocycles. The molecule has 0 unspecified atom stereocenters. The maximum absolute atomic E-state index is 13.0. The average molecular weight is 506 g/mol. The monoisotopic (exact) mass is 506 g/mol. The van der Waals surface area contributed by atoms with Crippen molar-refractivity contribution < 1.29 is 47.8 Å². The van der Waals surface area contributed by atoms with E-state index in [2.05, 4.69) is 4.74 Å². The van der Waals surface area contributed by atoms with E-state index in [-0.39, 0.29) is 18.1 Å². The summed E-state index contributed by atoms with van der Waals surface area (Å²) in [4.78, 5) is 73.3. The maximum atomic E-state index is 13.0. The second-order valence-corrected chi connectivity index (χ2v) is 8.47. The quantitative estimate of drug-likeness (QED) is 0.173. The molecule has 0 spiro atoms. The molecule has 3 rings (SSSR count). The van der Waals surface area contributed by atoms with Crippen LogP contribution < -0.4 is 0 Å². The molecule has 2 fully saturated rings. The van der Waals surface area contributed by atoms with Gasteiger partial charge in [0.05, 0.1) is 24.0 Å². The van der Waals surface area contributed by atoms with Gasteiger partial charge >= 0.3 is 18.0 Å². The first kappa shape index (κ1) is 26.7. The second-order valence-electron chi connectivity index (χ2n) is 8.47. The van der Waals surface area contributed by atoms with Crippen LogP contribution in [0.2, 0.25) is 0 Å². The van der Waals surface area contributed by atoms with Gasteiger partial charge in [0.15, 0.2) is 5.78 Å². The summed E-state index contributed by atoms with van der Waals surface area (Å²) in [5.74, 6) is -5.42. The average Bonchev–Trinajstić information content (AvgIpc) is 2.86. The van der Waals surface area contributed by atoms with Crippen LogP contribution in [0.15, 0.2) is 24.3 Å². The number of rotatable bonds is 7. The number of ketones is 1. The number of nitro groups is 1. The lowest BCUT2D eigenvalue weighted by Crippen LogP contribution is -2.71. The van der Waals surface area contributed by atoms with Gasteiger partial charge in [-0.25, -0.2) is 9.59 Å². The first-order valence-electron chi connectivity index (χ1n) is 11.2. The summed E-state index contributed by atoms with van der Waals surface area (Å²) in [6, 6.07) is 4.32. The normalized spacial score (nSPS) is 24.4. The van der Waals surface area contributed by atoms with Gasteiger partial charge in [-0.2, -0.15) is 0 Å². The molecule has 1 aromatic carbocycles. The van der Waals surface area contributed by atoms with E-state index in [0.717, 1.165) is 7.11 Å². The number of methoxy groups -OCH3 is 2. The van der Waals surface area contributed by atoms with Crippen molar-refractivity contribution in [1.82, 2.24) is 4.90 Å². The van der Waals surface area contributed by atoms with E-state index >= 15 is 0 Å². The zero-order chi connectivity index (χ0) is 26.6. The molecule has 0 bridgehead atoms. The largest absolute Gasteiger partial charge is 0.508 e. The van der Waals surface area contributed by atoms with Gasteiger partial charge in [-0.05, 0) is 43.9 Å². The van der Waals surface area contributed by atoms with E-state index in [1.807, 2.05) is 0 Å². The number of nitrogens with zero attached hydrogens (tertiary/aromatic N) is 2. The van der Waals surface area contributed by atoms with E-state index in [9.17, 15) is 34.1 Å². The standard InChI is InChI=1S/C23H26N2O11/c1-12(36-23(30)35-11-13-7-9-14(10-8-13)25(31)32)17-18(15-5-4-6-16(33-2)19(15)26)24(20(17)27)21(28)22(29)34-3/h7-10,12,15-18H,4-6,11H2,1-3H3/t12-,15-,16+,17-,18-/m1/s1. The summed E-state index contributed by atoms with van der Waals surface area (Å²) in [6.45, 7) is 1.18. The minimum absolute atomic E-state index is 0.122. The van der Waals surface area contributed by atoms with Crippen molar-refractivity contribution in [2.75, 3.05) is 14.2 Å². The minimum Gasteiger partial charge on any atom is -0.462 e. The number of esters is 1. The van der Waals surface area contributed by atoms with Crippen LogP contribution in [-0.4, -0.2) is 72.0 Å². The van der Waals surface area contributed by atoms with Gasteiger partial charge < -0.3 is 18.9 Å². The molecule has 1 aliphatic heterocycles. The number of Topliss-reactive ketones (excluding diaryl/α,β-unsaturated/α-hetero) is 1. The van der Waals surface area contributed by atoms with Gasteiger partial charge in [-0.15, -0.1) is 0 Å². The molecule has 0 aromatic heterocycles. The van der Waals surface area contributed by atoms with Crippen LogP contribution in [0.3, 0.4) is 0 Å². The van der Waals surface area contributed by atoms with Crippen molar-refractivity contribution >= 4 is 35.4 Å². The smallest absolute Gasteiger partial charge is 0.462 e. The van der Waals surface area contributed by atoms with Gasteiger partial charge in [0.2, 0.25) is 5.91 Å². The van der Waals surface area contributed by atoms with Crippen LogP contribution in [0, 0.1) is 22.0 Å². The van der Waals surface area contributed by atoms with Gasteiger partial charge in [0.25, 0.3) is 5.69 Å². The number of imide groups is 1. The first-order valence-corrected chi connectivity index (χ1v) is 11.2. The summed E-state index contributed by atoms with van der Waals surface area (Å²) in [7, 11) is 2.38. The number of non-ortho nitro benzene ring substituents is 1. The lowest BCUT2D eigenvalue weighted by molar-refractivity contribution is -0.384. The Morgan fingerprint density at radius 2 is 1.81 bits per heavy atom. The number of β-lactam (4-membered cyclic amide) rings is 1. The van der Waals surface area contributed by atoms with Gasteiger partial charge in [-0.3, -0.25) is 29.4 Å². The Hall–Kier alpha value is -3.87. The van der Waals surface area contributed by atoms with Crippen LogP contribution in [0.25, 0.3) is 0 Å². The van der Waals surface area contributed by atoms with Gasteiger partial charge in [-0.1, -0.05) is 0 Å². The van der Waals surface area contributed by atoms with E-state index in [1.165, 1.54) is 38.3 Å². The van der Waals surface area contributed by atoms with Crippen molar-refractivity contribution in [3.63, 3.8) is 0 Å². The Morgan fingerprint density at radius 1 is 1.14 bits per heavy atom. The van der Waals surface area contributed by atoms with Gasteiger partial charge in [0, 0.05) is 25.2 Å². The molecule has 2 amide bonds. The first-order chi connectivity index (χ1) is 17.1. The molecule has 0 N–H and O–H groups in total. The predicted octanol–water partition coefficient (Wildman–Crippen LogP) is 1.55. The number of benzene rings is 1. The maximum Gasteiger partial charge on any atom is 0.508 e. The van der Waals surface area contributed by atoms with Crippen molar-refractivity contribution in [2.24, 2.45) is 11.8 Å².